The zero-order chi connectivity index (χ0) is 15.2. The number of thiophene rings is 1. The summed E-state index contributed by atoms with van der Waals surface area (Å²) in [5.74, 6) is 0.833. The summed E-state index contributed by atoms with van der Waals surface area (Å²) in [6.07, 6.45) is 0. The molecule has 0 aliphatic rings. The number of aliphatic hydroxyl groups is 1. The summed E-state index contributed by atoms with van der Waals surface area (Å²) >= 11 is 1.78. The maximum absolute atomic E-state index is 8.88. The highest BCUT2D eigenvalue weighted by atomic mass is 32.1. The Bertz CT molecular complexity index is 739. The number of benzene rings is 2. The van der Waals surface area contributed by atoms with Gasteiger partial charge in [-0.05, 0) is 28.5 Å². The molecule has 0 bridgehead atoms. The fraction of sp³-hybridized carbons (Fsp3) is 0.222. The van der Waals surface area contributed by atoms with Crippen LogP contribution in [-0.4, -0.2) is 18.3 Å². The molecule has 1 aromatic heterocycles. The summed E-state index contributed by atoms with van der Waals surface area (Å²) in [5.41, 5.74) is 2.44. The van der Waals surface area contributed by atoms with Crippen LogP contribution in [0.1, 0.15) is 11.1 Å². The molecule has 0 saturated carbocycles. The second-order valence-corrected chi connectivity index (χ2v) is 5.95. The first-order valence-corrected chi connectivity index (χ1v) is 8.24. The van der Waals surface area contributed by atoms with Crippen LogP contribution < -0.4 is 10.1 Å². The van der Waals surface area contributed by atoms with Crippen LogP contribution in [-0.2, 0) is 13.1 Å². The maximum Gasteiger partial charge on any atom is 0.123 e. The van der Waals surface area contributed by atoms with E-state index in [2.05, 4.69) is 35.0 Å². The Hall–Kier alpha value is -1.88. The van der Waals surface area contributed by atoms with Gasteiger partial charge < -0.3 is 15.2 Å². The summed E-state index contributed by atoms with van der Waals surface area (Å²) in [7, 11) is 0. The van der Waals surface area contributed by atoms with Gasteiger partial charge in [-0.15, -0.1) is 11.3 Å². The number of hydrogen-bond donors (Lipinski definition) is 2. The number of hydrogen-bond acceptors (Lipinski definition) is 4. The van der Waals surface area contributed by atoms with Gasteiger partial charge in [0.1, 0.15) is 12.4 Å². The van der Waals surface area contributed by atoms with Gasteiger partial charge in [-0.3, -0.25) is 0 Å². The number of rotatable bonds is 7. The van der Waals surface area contributed by atoms with Crippen molar-refractivity contribution in [3.05, 3.63) is 65.0 Å². The van der Waals surface area contributed by atoms with E-state index < -0.39 is 0 Å². The molecule has 3 rings (SSSR count). The predicted octanol–water partition coefficient (Wildman–Crippen LogP) is 3.56. The highest BCUT2D eigenvalue weighted by molar-refractivity contribution is 7.17. The molecule has 2 aromatic carbocycles. The monoisotopic (exact) mass is 313 g/mol. The largest absolute Gasteiger partial charge is 0.491 e. The Labute approximate surface area is 134 Å². The van der Waals surface area contributed by atoms with E-state index in [0.29, 0.717) is 6.61 Å². The summed E-state index contributed by atoms with van der Waals surface area (Å²) in [6, 6.07) is 16.4. The van der Waals surface area contributed by atoms with Crippen LogP contribution in [0.25, 0.3) is 10.1 Å². The lowest BCUT2D eigenvalue weighted by Crippen LogP contribution is -2.14. The van der Waals surface area contributed by atoms with Crippen LogP contribution in [0.15, 0.2) is 53.9 Å². The Balaban J connectivity index is 1.63. The lowest BCUT2D eigenvalue weighted by molar-refractivity contribution is 0.200. The number of para-hydroxylation sites is 1. The first-order valence-electron chi connectivity index (χ1n) is 7.36. The van der Waals surface area contributed by atoms with Gasteiger partial charge in [-0.25, -0.2) is 0 Å². The zero-order valence-corrected chi connectivity index (χ0v) is 13.1. The van der Waals surface area contributed by atoms with Crippen molar-refractivity contribution in [1.29, 1.82) is 0 Å². The molecule has 0 fully saturated rings. The molecule has 0 radical (unpaired) electrons. The Morgan fingerprint density at radius 3 is 2.64 bits per heavy atom. The van der Waals surface area contributed by atoms with E-state index >= 15 is 0 Å². The van der Waals surface area contributed by atoms with E-state index in [1.54, 1.807) is 11.3 Å². The number of fused-ring (bicyclic) bond motifs is 1. The van der Waals surface area contributed by atoms with Crippen molar-refractivity contribution in [2.75, 3.05) is 13.2 Å². The van der Waals surface area contributed by atoms with Crippen molar-refractivity contribution in [2.24, 2.45) is 0 Å². The third kappa shape index (κ3) is 3.47. The van der Waals surface area contributed by atoms with E-state index in [-0.39, 0.29) is 6.61 Å². The molecule has 3 aromatic rings. The average Bonchev–Trinajstić information content (AvgIpc) is 2.97. The van der Waals surface area contributed by atoms with Gasteiger partial charge in [0.25, 0.3) is 0 Å². The van der Waals surface area contributed by atoms with Crippen molar-refractivity contribution in [3.8, 4) is 5.75 Å². The molecule has 4 heteroatoms. The van der Waals surface area contributed by atoms with E-state index in [4.69, 9.17) is 9.84 Å². The lowest BCUT2D eigenvalue weighted by atomic mass is 10.1. The minimum Gasteiger partial charge on any atom is -0.491 e. The van der Waals surface area contributed by atoms with Gasteiger partial charge in [0.15, 0.2) is 0 Å². The molecular formula is C18H19NO2S. The molecule has 0 saturated heterocycles. The first-order chi connectivity index (χ1) is 10.9. The highest BCUT2D eigenvalue weighted by Gasteiger charge is 2.05. The lowest BCUT2D eigenvalue weighted by Gasteiger charge is -2.11. The topological polar surface area (TPSA) is 41.5 Å². The van der Waals surface area contributed by atoms with Gasteiger partial charge in [-0.1, -0.05) is 36.4 Å². The molecule has 114 valence electrons. The van der Waals surface area contributed by atoms with Crippen LogP contribution in [0.5, 0.6) is 5.75 Å². The van der Waals surface area contributed by atoms with Gasteiger partial charge >= 0.3 is 0 Å². The summed E-state index contributed by atoms with van der Waals surface area (Å²) in [5, 5.41) is 15.9. The Morgan fingerprint density at radius 1 is 0.955 bits per heavy atom. The number of ether oxygens (including phenoxy) is 1. The van der Waals surface area contributed by atoms with Gasteiger partial charge in [0, 0.05) is 23.4 Å². The first kappa shape index (κ1) is 15.0. The minimum atomic E-state index is 0.0304. The molecule has 0 aliphatic heterocycles. The fourth-order valence-corrected chi connectivity index (χ4v) is 3.41. The van der Waals surface area contributed by atoms with Crippen LogP contribution in [0.3, 0.4) is 0 Å². The minimum absolute atomic E-state index is 0.0304. The van der Waals surface area contributed by atoms with Crippen LogP contribution in [0.4, 0.5) is 0 Å². The van der Waals surface area contributed by atoms with E-state index in [0.717, 1.165) is 24.4 Å². The van der Waals surface area contributed by atoms with Gasteiger partial charge in [0.2, 0.25) is 0 Å². The summed E-state index contributed by atoms with van der Waals surface area (Å²) in [6.45, 7) is 1.93. The summed E-state index contributed by atoms with van der Waals surface area (Å²) in [4.78, 5) is 0. The quantitative estimate of drug-likeness (QED) is 0.701. The fourth-order valence-electron chi connectivity index (χ4n) is 2.45. The second kappa shape index (κ2) is 7.40. The SMILES string of the molecule is OCCOc1ccccc1CNCc1csc2ccccc12. The molecule has 0 amide bonds. The summed E-state index contributed by atoms with van der Waals surface area (Å²) < 4.78 is 6.88. The Morgan fingerprint density at radius 2 is 1.73 bits per heavy atom. The van der Waals surface area contributed by atoms with E-state index in [1.807, 2.05) is 24.3 Å². The molecule has 1 heterocycles. The molecular weight excluding hydrogens is 294 g/mol. The number of aliphatic hydroxyl groups excluding tert-OH is 1. The predicted molar refractivity (Wildman–Crippen MR) is 91.4 cm³/mol. The van der Waals surface area contributed by atoms with E-state index in [1.165, 1.54) is 15.6 Å². The number of nitrogens with one attached hydrogen (secondary N) is 1. The van der Waals surface area contributed by atoms with Crippen LogP contribution in [0.2, 0.25) is 0 Å². The highest BCUT2D eigenvalue weighted by Crippen LogP contribution is 2.25. The van der Waals surface area contributed by atoms with Gasteiger partial charge in [0.05, 0.1) is 6.61 Å². The Kier molecular flexibility index (Phi) is 5.06. The maximum atomic E-state index is 8.88. The molecule has 3 nitrogen and oxygen atoms in total. The third-order valence-electron chi connectivity index (χ3n) is 3.51. The van der Waals surface area contributed by atoms with Crippen molar-refractivity contribution >= 4 is 21.4 Å². The van der Waals surface area contributed by atoms with Crippen molar-refractivity contribution in [1.82, 2.24) is 5.32 Å². The average molecular weight is 313 g/mol. The van der Waals surface area contributed by atoms with Crippen LogP contribution in [0, 0.1) is 0 Å². The molecule has 0 atom stereocenters. The van der Waals surface area contributed by atoms with Crippen molar-refractivity contribution in [3.63, 3.8) is 0 Å². The van der Waals surface area contributed by atoms with Gasteiger partial charge in [-0.2, -0.15) is 0 Å². The molecule has 2 N–H and O–H groups in total. The smallest absolute Gasteiger partial charge is 0.123 e. The molecule has 0 unspecified atom stereocenters. The van der Waals surface area contributed by atoms with E-state index in [9.17, 15) is 0 Å². The third-order valence-corrected chi connectivity index (χ3v) is 4.53. The zero-order valence-electron chi connectivity index (χ0n) is 12.3. The standard InChI is InChI=1S/C18H19NO2S/c20-9-10-21-17-7-3-1-5-14(17)11-19-12-15-13-22-18-8-4-2-6-16(15)18/h1-8,13,19-20H,9-12H2. The second-order valence-electron chi connectivity index (χ2n) is 5.04. The molecule has 22 heavy (non-hydrogen) atoms. The van der Waals surface area contributed by atoms with Crippen molar-refractivity contribution < 1.29 is 9.84 Å². The van der Waals surface area contributed by atoms with Crippen LogP contribution >= 0.6 is 11.3 Å². The normalized spacial score (nSPS) is 11.0. The van der Waals surface area contributed by atoms with Crippen molar-refractivity contribution in [2.45, 2.75) is 13.1 Å². The molecule has 0 spiro atoms. The molecule has 0 aliphatic carbocycles.